The standard InChI is InChI=1S/C16H24O2/c1-5-12-17-15(6-2)16(13(3)4)18-14-10-8-7-9-11-14/h6-11,13,15-16H,2,5,12H2,1,3-4H3/t15-,16-/m0/s1. The van der Waals surface area contributed by atoms with Crippen LogP contribution in [0.2, 0.25) is 0 Å². The van der Waals surface area contributed by atoms with Crippen LogP contribution in [0.15, 0.2) is 43.0 Å². The summed E-state index contributed by atoms with van der Waals surface area (Å²) in [6.07, 6.45) is 2.77. The van der Waals surface area contributed by atoms with Crippen molar-refractivity contribution in [3.8, 4) is 5.75 Å². The zero-order valence-electron chi connectivity index (χ0n) is 11.6. The van der Waals surface area contributed by atoms with Gasteiger partial charge in [-0.05, 0) is 24.5 Å². The number of hydrogen-bond donors (Lipinski definition) is 0. The molecule has 0 bridgehead atoms. The summed E-state index contributed by atoms with van der Waals surface area (Å²) in [4.78, 5) is 0. The Kier molecular flexibility index (Phi) is 6.51. The van der Waals surface area contributed by atoms with Crippen LogP contribution in [0.1, 0.15) is 27.2 Å². The van der Waals surface area contributed by atoms with Crippen LogP contribution in [0.25, 0.3) is 0 Å². The van der Waals surface area contributed by atoms with E-state index in [0.717, 1.165) is 18.8 Å². The first-order chi connectivity index (χ1) is 8.69. The van der Waals surface area contributed by atoms with Gasteiger partial charge in [-0.15, -0.1) is 6.58 Å². The molecule has 2 heteroatoms. The molecule has 1 aromatic carbocycles. The highest BCUT2D eigenvalue weighted by molar-refractivity contribution is 5.21. The van der Waals surface area contributed by atoms with Gasteiger partial charge in [0.15, 0.2) is 0 Å². The molecule has 0 saturated carbocycles. The molecule has 0 heterocycles. The van der Waals surface area contributed by atoms with E-state index in [1.54, 1.807) is 0 Å². The minimum absolute atomic E-state index is 0.00329. The maximum absolute atomic E-state index is 6.03. The first-order valence-electron chi connectivity index (χ1n) is 6.64. The molecule has 0 unspecified atom stereocenters. The topological polar surface area (TPSA) is 18.5 Å². The normalized spacial score (nSPS) is 14.2. The summed E-state index contributed by atoms with van der Waals surface area (Å²) >= 11 is 0. The molecule has 2 nitrogen and oxygen atoms in total. The molecule has 1 aromatic rings. The van der Waals surface area contributed by atoms with Crippen molar-refractivity contribution in [2.24, 2.45) is 5.92 Å². The zero-order chi connectivity index (χ0) is 13.4. The van der Waals surface area contributed by atoms with Gasteiger partial charge in [-0.3, -0.25) is 0 Å². The summed E-state index contributed by atoms with van der Waals surface area (Å²) in [7, 11) is 0. The first-order valence-corrected chi connectivity index (χ1v) is 6.64. The molecule has 0 radical (unpaired) electrons. The minimum Gasteiger partial charge on any atom is -0.487 e. The molecular formula is C16H24O2. The van der Waals surface area contributed by atoms with Crippen molar-refractivity contribution in [3.63, 3.8) is 0 Å². The molecule has 0 spiro atoms. The van der Waals surface area contributed by atoms with E-state index in [0.29, 0.717) is 5.92 Å². The van der Waals surface area contributed by atoms with Crippen molar-refractivity contribution < 1.29 is 9.47 Å². The van der Waals surface area contributed by atoms with E-state index in [-0.39, 0.29) is 12.2 Å². The fourth-order valence-electron chi connectivity index (χ4n) is 1.79. The number of ether oxygens (including phenoxy) is 2. The van der Waals surface area contributed by atoms with Crippen molar-refractivity contribution >= 4 is 0 Å². The Labute approximate surface area is 111 Å². The van der Waals surface area contributed by atoms with Crippen molar-refractivity contribution in [2.75, 3.05) is 6.61 Å². The molecule has 0 N–H and O–H groups in total. The lowest BCUT2D eigenvalue weighted by atomic mass is 10.0. The predicted octanol–water partition coefficient (Wildman–Crippen LogP) is 4.07. The lowest BCUT2D eigenvalue weighted by Crippen LogP contribution is -2.37. The second kappa shape index (κ2) is 7.93. The Hall–Kier alpha value is -1.28. The average Bonchev–Trinajstić information content (AvgIpc) is 2.39. The summed E-state index contributed by atoms with van der Waals surface area (Å²) in [5.41, 5.74) is 0. The third kappa shape index (κ3) is 4.53. The molecule has 1 rings (SSSR count). The van der Waals surface area contributed by atoms with E-state index >= 15 is 0 Å². The second-order valence-corrected chi connectivity index (χ2v) is 4.71. The van der Waals surface area contributed by atoms with Gasteiger partial charge in [0.25, 0.3) is 0 Å². The third-order valence-corrected chi connectivity index (χ3v) is 2.74. The maximum Gasteiger partial charge on any atom is 0.131 e. The molecule has 0 aliphatic carbocycles. The Balaban J connectivity index is 2.71. The molecule has 0 fully saturated rings. The van der Waals surface area contributed by atoms with E-state index in [4.69, 9.17) is 9.47 Å². The monoisotopic (exact) mass is 248 g/mol. The Bertz CT molecular complexity index is 332. The van der Waals surface area contributed by atoms with Crippen LogP contribution in [0.5, 0.6) is 5.75 Å². The van der Waals surface area contributed by atoms with E-state index in [2.05, 4.69) is 27.4 Å². The van der Waals surface area contributed by atoms with Gasteiger partial charge >= 0.3 is 0 Å². The summed E-state index contributed by atoms with van der Waals surface area (Å²) in [5.74, 6) is 1.24. The van der Waals surface area contributed by atoms with E-state index < -0.39 is 0 Å². The van der Waals surface area contributed by atoms with Crippen LogP contribution in [-0.2, 0) is 4.74 Å². The van der Waals surface area contributed by atoms with E-state index in [9.17, 15) is 0 Å². The van der Waals surface area contributed by atoms with Gasteiger partial charge in [0.05, 0.1) is 0 Å². The fourth-order valence-corrected chi connectivity index (χ4v) is 1.79. The van der Waals surface area contributed by atoms with E-state index in [1.165, 1.54) is 0 Å². The van der Waals surface area contributed by atoms with Gasteiger partial charge in [0, 0.05) is 6.61 Å². The van der Waals surface area contributed by atoms with Crippen LogP contribution < -0.4 is 4.74 Å². The summed E-state index contributed by atoms with van der Waals surface area (Å²) in [5, 5.41) is 0. The lowest BCUT2D eigenvalue weighted by Gasteiger charge is -2.28. The quantitative estimate of drug-likeness (QED) is 0.646. The van der Waals surface area contributed by atoms with Crippen LogP contribution in [-0.4, -0.2) is 18.8 Å². The highest BCUT2D eigenvalue weighted by atomic mass is 16.5. The molecule has 18 heavy (non-hydrogen) atoms. The molecule has 0 amide bonds. The smallest absolute Gasteiger partial charge is 0.131 e. The number of benzene rings is 1. The second-order valence-electron chi connectivity index (χ2n) is 4.71. The van der Waals surface area contributed by atoms with Gasteiger partial charge in [-0.2, -0.15) is 0 Å². The van der Waals surface area contributed by atoms with Gasteiger partial charge in [0.2, 0.25) is 0 Å². The summed E-state index contributed by atoms with van der Waals surface area (Å²) in [6.45, 7) is 11.0. The lowest BCUT2D eigenvalue weighted by molar-refractivity contribution is -0.0167. The van der Waals surface area contributed by atoms with Gasteiger partial charge < -0.3 is 9.47 Å². The highest BCUT2D eigenvalue weighted by Gasteiger charge is 2.24. The Morgan fingerprint density at radius 1 is 1.22 bits per heavy atom. The first kappa shape index (κ1) is 14.8. The Morgan fingerprint density at radius 2 is 1.89 bits per heavy atom. The van der Waals surface area contributed by atoms with Gasteiger partial charge in [-0.25, -0.2) is 0 Å². The number of para-hydroxylation sites is 1. The van der Waals surface area contributed by atoms with Crippen molar-refractivity contribution in [1.29, 1.82) is 0 Å². The van der Waals surface area contributed by atoms with Crippen LogP contribution >= 0.6 is 0 Å². The molecular weight excluding hydrogens is 224 g/mol. The van der Waals surface area contributed by atoms with Crippen molar-refractivity contribution in [3.05, 3.63) is 43.0 Å². The van der Waals surface area contributed by atoms with E-state index in [1.807, 2.05) is 36.4 Å². The minimum atomic E-state index is -0.0647. The van der Waals surface area contributed by atoms with Crippen LogP contribution in [0.4, 0.5) is 0 Å². The largest absolute Gasteiger partial charge is 0.487 e. The molecule has 100 valence electrons. The maximum atomic E-state index is 6.03. The van der Waals surface area contributed by atoms with Crippen molar-refractivity contribution in [2.45, 2.75) is 39.4 Å². The molecule has 0 saturated heterocycles. The van der Waals surface area contributed by atoms with Gasteiger partial charge in [0.1, 0.15) is 18.0 Å². The predicted molar refractivity (Wildman–Crippen MR) is 75.9 cm³/mol. The molecule has 0 aliphatic rings. The van der Waals surface area contributed by atoms with Gasteiger partial charge in [-0.1, -0.05) is 45.0 Å². The summed E-state index contributed by atoms with van der Waals surface area (Å²) < 4.78 is 11.8. The molecule has 0 aliphatic heterocycles. The summed E-state index contributed by atoms with van der Waals surface area (Å²) in [6, 6.07) is 9.87. The number of hydrogen-bond acceptors (Lipinski definition) is 2. The average molecular weight is 248 g/mol. The SMILES string of the molecule is C=C[C@H](OCCC)[C@@H](Oc1ccccc1)C(C)C. The molecule has 2 atom stereocenters. The third-order valence-electron chi connectivity index (χ3n) is 2.74. The number of rotatable bonds is 8. The van der Waals surface area contributed by atoms with Crippen LogP contribution in [0.3, 0.4) is 0 Å². The Morgan fingerprint density at radius 3 is 2.39 bits per heavy atom. The molecule has 0 aromatic heterocycles. The van der Waals surface area contributed by atoms with Crippen molar-refractivity contribution in [1.82, 2.24) is 0 Å². The van der Waals surface area contributed by atoms with Crippen LogP contribution in [0, 0.1) is 5.92 Å². The highest BCUT2D eigenvalue weighted by Crippen LogP contribution is 2.20. The zero-order valence-corrected chi connectivity index (χ0v) is 11.6. The fraction of sp³-hybridized carbons (Fsp3) is 0.500.